The third kappa shape index (κ3) is 3.38. The Morgan fingerprint density at radius 3 is 2.53 bits per heavy atom. The highest BCUT2D eigenvalue weighted by atomic mass is 19.1. The molecule has 80 valence electrons. The Balaban J connectivity index is 2.87. The molecule has 0 aliphatic rings. The van der Waals surface area contributed by atoms with Gasteiger partial charge in [0.05, 0.1) is 5.71 Å². The van der Waals surface area contributed by atoms with Crippen molar-refractivity contribution in [3.8, 4) is 0 Å². The van der Waals surface area contributed by atoms with Gasteiger partial charge in [-0.3, -0.25) is 0 Å². The van der Waals surface area contributed by atoms with Gasteiger partial charge < -0.3 is 5.73 Å². The van der Waals surface area contributed by atoms with E-state index in [-0.39, 0.29) is 5.82 Å². The van der Waals surface area contributed by atoms with Crippen LogP contribution in [-0.2, 0) is 0 Å². The zero-order valence-electron chi connectivity index (χ0n) is 8.33. The van der Waals surface area contributed by atoms with Crippen molar-refractivity contribution >= 4 is 11.7 Å². The average Bonchev–Trinajstić information content (AvgIpc) is 2.21. The van der Waals surface area contributed by atoms with Crippen LogP contribution in [0.4, 0.5) is 9.18 Å². The zero-order valence-corrected chi connectivity index (χ0v) is 8.33. The summed E-state index contributed by atoms with van der Waals surface area (Å²) in [6.07, 6.45) is 0.617. The first-order valence-electron chi connectivity index (χ1n) is 4.51. The number of urea groups is 1. The summed E-state index contributed by atoms with van der Waals surface area (Å²) in [5.41, 5.74) is 8.43. The van der Waals surface area contributed by atoms with Crippen molar-refractivity contribution in [2.24, 2.45) is 10.8 Å². The Bertz CT molecular complexity index is 373. The van der Waals surface area contributed by atoms with Crippen molar-refractivity contribution in [2.45, 2.75) is 13.3 Å². The standard InChI is InChI=1S/C10H12FN3O/c1-2-9(13-14-10(12)15)7-3-5-8(11)6-4-7/h3-6H,2H2,1H3,(H3,12,14,15)/b13-9+. The molecule has 0 radical (unpaired) electrons. The third-order valence-corrected chi connectivity index (χ3v) is 1.81. The van der Waals surface area contributed by atoms with E-state index in [1.165, 1.54) is 12.1 Å². The Hall–Kier alpha value is -1.91. The van der Waals surface area contributed by atoms with Crippen molar-refractivity contribution in [1.29, 1.82) is 0 Å². The van der Waals surface area contributed by atoms with Crippen LogP contribution in [0.15, 0.2) is 29.4 Å². The zero-order chi connectivity index (χ0) is 11.3. The van der Waals surface area contributed by atoms with Crippen LogP contribution in [0.1, 0.15) is 18.9 Å². The minimum Gasteiger partial charge on any atom is -0.350 e. The molecule has 0 unspecified atom stereocenters. The second-order valence-corrected chi connectivity index (χ2v) is 2.89. The Morgan fingerprint density at radius 1 is 1.47 bits per heavy atom. The summed E-state index contributed by atoms with van der Waals surface area (Å²) in [7, 11) is 0. The fourth-order valence-electron chi connectivity index (χ4n) is 1.11. The number of nitrogens with zero attached hydrogens (tertiary/aromatic N) is 1. The minimum absolute atomic E-state index is 0.308. The van der Waals surface area contributed by atoms with Crippen LogP contribution in [0, 0.1) is 5.82 Å². The number of carbonyl (C=O) groups excluding carboxylic acids is 1. The van der Waals surface area contributed by atoms with Crippen LogP contribution in [-0.4, -0.2) is 11.7 Å². The number of nitrogens with one attached hydrogen (secondary N) is 1. The molecule has 0 heterocycles. The number of primary amides is 1. The molecule has 0 saturated carbocycles. The molecular weight excluding hydrogens is 197 g/mol. The topological polar surface area (TPSA) is 67.5 Å². The Kier molecular flexibility index (Phi) is 3.79. The molecule has 1 aromatic rings. The molecule has 0 spiro atoms. The summed E-state index contributed by atoms with van der Waals surface area (Å²) in [4.78, 5) is 10.4. The lowest BCUT2D eigenvalue weighted by atomic mass is 10.1. The molecular formula is C10H12FN3O. The van der Waals surface area contributed by atoms with Crippen molar-refractivity contribution < 1.29 is 9.18 Å². The number of rotatable bonds is 3. The van der Waals surface area contributed by atoms with E-state index < -0.39 is 6.03 Å². The number of amides is 2. The van der Waals surface area contributed by atoms with E-state index in [1.54, 1.807) is 12.1 Å². The van der Waals surface area contributed by atoms with Gasteiger partial charge in [-0.05, 0) is 24.1 Å². The SMILES string of the molecule is CC/C(=N\NC(N)=O)c1ccc(F)cc1. The second-order valence-electron chi connectivity index (χ2n) is 2.89. The number of hydrazone groups is 1. The molecule has 15 heavy (non-hydrogen) atoms. The van der Waals surface area contributed by atoms with Crippen LogP contribution in [0.2, 0.25) is 0 Å². The van der Waals surface area contributed by atoms with Gasteiger partial charge >= 0.3 is 6.03 Å². The average molecular weight is 209 g/mol. The van der Waals surface area contributed by atoms with Crippen LogP contribution in [0.5, 0.6) is 0 Å². The monoisotopic (exact) mass is 209 g/mol. The van der Waals surface area contributed by atoms with Gasteiger partial charge in [-0.2, -0.15) is 5.10 Å². The second kappa shape index (κ2) is 5.09. The normalized spacial score (nSPS) is 11.2. The van der Waals surface area contributed by atoms with E-state index in [0.717, 1.165) is 5.56 Å². The van der Waals surface area contributed by atoms with E-state index >= 15 is 0 Å². The van der Waals surface area contributed by atoms with Gasteiger partial charge in [-0.1, -0.05) is 19.1 Å². The predicted octanol–water partition coefficient (Wildman–Crippen LogP) is 1.61. The Morgan fingerprint density at radius 2 is 2.07 bits per heavy atom. The molecule has 2 amide bonds. The first-order chi connectivity index (χ1) is 7.13. The highest BCUT2D eigenvalue weighted by molar-refractivity contribution is 6.00. The predicted molar refractivity (Wildman–Crippen MR) is 55.9 cm³/mol. The highest BCUT2D eigenvalue weighted by Gasteiger charge is 2.01. The van der Waals surface area contributed by atoms with E-state index in [2.05, 4.69) is 10.5 Å². The molecule has 5 heteroatoms. The molecule has 0 atom stereocenters. The maximum Gasteiger partial charge on any atom is 0.332 e. The largest absolute Gasteiger partial charge is 0.350 e. The molecule has 1 rings (SSSR count). The number of carbonyl (C=O) groups is 1. The lowest BCUT2D eigenvalue weighted by Gasteiger charge is -2.03. The molecule has 0 aliphatic heterocycles. The number of hydrogen-bond acceptors (Lipinski definition) is 2. The van der Waals surface area contributed by atoms with Gasteiger partial charge in [-0.15, -0.1) is 0 Å². The number of nitrogens with two attached hydrogens (primary N) is 1. The summed E-state index contributed by atoms with van der Waals surface area (Å²) in [6, 6.07) is 5.15. The number of hydrogen-bond donors (Lipinski definition) is 2. The van der Waals surface area contributed by atoms with Crippen LogP contribution >= 0.6 is 0 Å². The lowest BCUT2D eigenvalue weighted by molar-refractivity contribution is 0.249. The minimum atomic E-state index is -0.719. The summed E-state index contributed by atoms with van der Waals surface area (Å²) in [5.74, 6) is -0.308. The van der Waals surface area contributed by atoms with Gasteiger partial charge in [0.2, 0.25) is 0 Å². The van der Waals surface area contributed by atoms with Crippen LogP contribution in [0.3, 0.4) is 0 Å². The fourth-order valence-corrected chi connectivity index (χ4v) is 1.11. The number of halogens is 1. The molecule has 0 fully saturated rings. The Labute approximate surface area is 87.0 Å². The molecule has 0 aromatic heterocycles. The summed E-state index contributed by atoms with van der Waals surface area (Å²) < 4.78 is 12.6. The van der Waals surface area contributed by atoms with E-state index in [0.29, 0.717) is 12.1 Å². The van der Waals surface area contributed by atoms with Crippen molar-refractivity contribution in [3.05, 3.63) is 35.6 Å². The molecule has 4 nitrogen and oxygen atoms in total. The van der Waals surface area contributed by atoms with Gasteiger partial charge in [0.25, 0.3) is 0 Å². The summed E-state index contributed by atoms with van der Waals surface area (Å²) >= 11 is 0. The van der Waals surface area contributed by atoms with Crippen molar-refractivity contribution in [3.63, 3.8) is 0 Å². The molecule has 0 bridgehead atoms. The first kappa shape index (κ1) is 11.2. The fraction of sp³-hybridized carbons (Fsp3) is 0.200. The number of benzene rings is 1. The van der Waals surface area contributed by atoms with E-state index in [1.807, 2.05) is 6.92 Å². The molecule has 3 N–H and O–H groups in total. The van der Waals surface area contributed by atoms with E-state index in [4.69, 9.17) is 5.73 Å². The van der Waals surface area contributed by atoms with Gasteiger partial charge in [-0.25, -0.2) is 14.6 Å². The highest BCUT2D eigenvalue weighted by Crippen LogP contribution is 2.06. The molecule has 0 saturated heterocycles. The van der Waals surface area contributed by atoms with Gasteiger partial charge in [0.1, 0.15) is 5.82 Å². The van der Waals surface area contributed by atoms with Crippen molar-refractivity contribution in [1.82, 2.24) is 5.43 Å². The molecule has 1 aromatic carbocycles. The first-order valence-corrected chi connectivity index (χ1v) is 4.51. The van der Waals surface area contributed by atoms with Crippen LogP contribution < -0.4 is 11.2 Å². The maximum absolute atomic E-state index is 12.6. The van der Waals surface area contributed by atoms with Gasteiger partial charge in [0.15, 0.2) is 0 Å². The van der Waals surface area contributed by atoms with Crippen LogP contribution in [0.25, 0.3) is 0 Å². The smallest absolute Gasteiger partial charge is 0.332 e. The lowest BCUT2D eigenvalue weighted by Crippen LogP contribution is -2.25. The summed E-state index contributed by atoms with van der Waals surface area (Å²) in [5, 5.41) is 3.81. The van der Waals surface area contributed by atoms with E-state index in [9.17, 15) is 9.18 Å². The third-order valence-electron chi connectivity index (χ3n) is 1.81. The summed E-state index contributed by atoms with van der Waals surface area (Å²) in [6.45, 7) is 1.88. The maximum atomic E-state index is 12.6. The van der Waals surface area contributed by atoms with Gasteiger partial charge in [0, 0.05) is 0 Å². The van der Waals surface area contributed by atoms with Crippen molar-refractivity contribution in [2.75, 3.05) is 0 Å². The molecule has 0 aliphatic carbocycles. The quantitative estimate of drug-likeness (QED) is 0.576.